The van der Waals surface area contributed by atoms with Crippen molar-refractivity contribution in [3.8, 4) is 28.3 Å². The molecule has 0 radical (unpaired) electrons. The summed E-state index contributed by atoms with van der Waals surface area (Å²) < 4.78 is 7.45. The Morgan fingerprint density at radius 2 is 1.56 bits per heavy atom. The lowest BCUT2D eigenvalue weighted by atomic mass is 10.1. The van der Waals surface area contributed by atoms with Gasteiger partial charge in [0.15, 0.2) is 11.5 Å². The second kappa shape index (κ2) is 8.26. The van der Waals surface area contributed by atoms with E-state index in [1.165, 1.54) is 0 Å². The van der Waals surface area contributed by atoms with E-state index in [4.69, 9.17) is 4.74 Å². The maximum atomic E-state index is 12.3. The molecule has 6 heteroatoms. The monoisotopic (exact) mass is 442 g/mol. The van der Waals surface area contributed by atoms with Gasteiger partial charge in [-0.3, -0.25) is 9.38 Å². The van der Waals surface area contributed by atoms with Crippen LogP contribution in [0.4, 0.5) is 0 Å². The highest BCUT2D eigenvalue weighted by atomic mass is 16.5. The maximum absolute atomic E-state index is 12.3. The van der Waals surface area contributed by atoms with E-state index >= 15 is 0 Å². The Kier molecular flexibility index (Phi) is 4.81. The van der Waals surface area contributed by atoms with Crippen molar-refractivity contribution < 1.29 is 9.53 Å². The van der Waals surface area contributed by atoms with E-state index in [9.17, 15) is 4.79 Å². The summed E-state index contributed by atoms with van der Waals surface area (Å²) >= 11 is 0. The predicted octanol–water partition coefficient (Wildman–Crippen LogP) is 5.83. The van der Waals surface area contributed by atoms with E-state index in [-0.39, 0.29) is 5.97 Å². The van der Waals surface area contributed by atoms with Crippen LogP contribution in [0.15, 0.2) is 109 Å². The molecule has 6 nitrogen and oxygen atoms in total. The Balaban J connectivity index is 1.29. The van der Waals surface area contributed by atoms with Crippen molar-refractivity contribution >= 4 is 22.5 Å². The second-order valence-electron chi connectivity index (χ2n) is 7.82. The first-order chi connectivity index (χ1) is 16.8. The molecule has 0 saturated carbocycles. The van der Waals surface area contributed by atoms with Gasteiger partial charge in [-0.25, -0.2) is 4.79 Å². The molecule has 0 aliphatic carbocycles. The summed E-state index contributed by atoms with van der Waals surface area (Å²) in [5, 5.41) is 9.89. The van der Waals surface area contributed by atoms with Crippen molar-refractivity contribution in [2.45, 2.75) is 0 Å². The summed E-state index contributed by atoms with van der Waals surface area (Å²) in [7, 11) is 0. The summed E-state index contributed by atoms with van der Waals surface area (Å²) in [6.07, 6.45) is 3.76. The fourth-order valence-corrected chi connectivity index (χ4v) is 4.00. The van der Waals surface area contributed by atoms with Crippen LogP contribution in [0.1, 0.15) is 10.4 Å². The number of nitrogens with zero attached hydrogens (tertiary/aromatic N) is 4. The van der Waals surface area contributed by atoms with Gasteiger partial charge >= 0.3 is 5.97 Å². The van der Waals surface area contributed by atoms with Crippen LogP contribution in [-0.4, -0.2) is 25.6 Å². The third-order valence-electron chi connectivity index (χ3n) is 5.71. The third kappa shape index (κ3) is 3.57. The largest absolute Gasteiger partial charge is 0.423 e. The molecule has 0 bridgehead atoms. The number of rotatable bonds is 4. The van der Waals surface area contributed by atoms with Crippen molar-refractivity contribution in [3.63, 3.8) is 0 Å². The smallest absolute Gasteiger partial charge is 0.343 e. The summed E-state index contributed by atoms with van der Waals surface area (Å²) in [5.41, 5.74) is 5.14. The number of pyridine rings is 2. The Bertz CT molecular complexity index is 1640. The Labute approximate surface area is 195 Å². The number of fused-ring (bicyclic) bond motifs is 2. The number of benzene rings is 3. The molecule has 0 fully saturated rings. The molecule has 0 amide bonds. The number of ether oxygens (including phenoxy) is 1. The van der Waals surface area contributed by atoms with E-state index < -0.39 is 0 Å². The first kappa shape index (κ1) is 19.8. The van der Waals surface area contributed by atoms with Gasteiger partial charge in [0.2, 0.25) is 0 Å². The molecule has 3 heterocycles. The van der Waals surface area contributed by atoms with Gasteiger partial charge in [-0.1, -0.05) is 48.5 Å². The molecule has 162 valence electrons. The number of carbonyl (C=O) groups excluding carboxylic acids is 1. The zero-order valence-electron chi connectivity index (χ0n) is 18.0. The average molecular weight is 442 g/mol. The van der Waals surface area contributed by atoms with Crippen LogP contribution < -0.4 is 4.74 Å². The molecule has 6 aromatic rings. The number of para-hydroxylation sites is 1. The van der Waals surface area contributed by atoms with E-state index in [1.807, 2.05) is 83.4 Å². The Hall–Kier alpha value is -4.84. The number of carbonyl (C=O) groups is 1. The zero-order chi connectivity index (χ0) is 22.9. The summed E-state index contributed by atoms with van der Waals surface area (Å²) in [4.78, 5) is 16.7. The standard InChI is InChI=1S/C28H18N4O2/c33-28(20-6-2-1-3-7-20)34-22-12-10-19(11-13-22)21-15-17-32-26(18-21)30-31-27(32)24-14-16-29-25-9-5-4-8-23(24)25/h1-18H. The van der Waals surface area contributed by atoms with Crippen molar-refractivity contribution in [1.82, 2.24) is 19.6 Å². The third-order valence-corrected chi connectivity index (χ3v) is 5.71. The normalized spacial score (nSPS) is 11.1. The van der Waals surface area contributed by atoms with Crippen LogP contribution in [0.5, 0.6) is 5.75 Å². The van der Waals surface area contributed by atoms with E-state index in [1.54, 1.807) is 30.5 Å². The minimum atomic E-state index is -0.380. The fourth-order valence-electron chi connectivity index (χ4n) is 4.00. The SMILES string of the molecule is O=C(Oc1ccc(-c2ccn3c(-c4ccnc5ccccc45)nnc3c2)cc1)c1ccccc1. The van der Waals surface area contributed by atoms with Crippen LogP contribution in [-0.2, 0) is 0 Å². The molecule has 3 aromatic carbocycles. The van der Waals surface area contributed by atoms with Gasteiger partial charge in [-0.15, -0.1) is 10.2 Å². The minimum absolute atomic E-state index is 0.380. The van der Waals surface area contributed by atoms with Gasteiger partial charge in [0.1, 0.15) is 5.75 Å². The molecule has 6 rings (SSSR count). The molecular formula is C28H18N4O2. The molecule has 0 aliphatic heterocycles. The lowest BCUT2D eigenvalue weighted by Gasteiger charge is -2.07. The highest BCUT2D eigenvalue weighted by molar-refractivity contribution is 5.93. The fraction of sp³-hybridized carbons (Fsp3) is 0. The topological polar surface area (TPSA) is 69.4 Å². The van der Waals surface area contributed by atoms with Crippen LogP contribution in [0.25, 0.3) is 39.1 Å². The van der Waals surface area contributed by atoms with Crippen LogP contribution in [0.3, 0.4) is 0 Å². The first-order valence-electron chi connectivity index (χ1n) is 10.8. The predicted molar refractivity (Wildman–Crippen MR) is 131 cm³/mol. The van der Waals surface area contributed by atoms with E-state index in [0.717, 1.165) is 39.1 Å². The van der Waals surface area contributed by atoms with Crippen molar-refractivity contribution in [1.29, 1.82) is 0 Å². The Morgan fingerprint density at radius 3 is 2.41 bits per heavy atom. The van der Waals surface area contributed by atoms with Crippen LogP contribution in [0, 0.1) is 0 Å². The minimum Gasteiger partial charge on any atom is -0.423 e. The molecule has 0 N–H and O–H groups in total. The quantitative estimate of drug-likeness (QED) is 0.254. The van der Waals surface area contributed by atoms with Crippen molar-refractivity contribution in [2.75, 3.05) is 0 Å². The van der Waals surface area contributed by atoms with Gasteiger partial charge in [0, 0.05) is 23.3 Å². The van der Waals surface area contributed by atoms with Crippen molar-refractivity contribution in [2.24, 2.45) is 0 Å². The zero-order valence-corrected chi connectivity index (χ0v) is 18.0. The molecule has 0 atom stereocenters. The van der Waals surface area contributed by atoms with Gasteiger partial charge < -0.3 is 4.74 Å². The highest BCUT2D eigenvalue weighted by Crippen LogP contribution is 2.29. The number of esters is 1. The van der Waals surface area contributed by atoms with E-state index in [0.29, 0.717) is 11.3 Å². The van der Waals surface area contributed by atoms with Crippen molar-refractivity contribution in [3.05, 3.63) is 115 Å². The lowest BCUT2D eigenvalue weighted by Crippen LogP contribution is -2.07. The number of hydrogen-bond acceptors (Lipinski definition) is 5. The molecule has 0 saturated heterocycles. The van der Waals surface area contributed by atoms with Crippen LogP contribution >= 0.6 is 0 Å². The first-order valence-corrected chi connectivity index (χ1v) is 10.8. The second-order valence-corrected chi connectivity index (χ2v) is 7.82. The number of hydrogen-bond donors (Lipinski definition) is 0. The summed E-state index contributed by atoms with van der Waals surface area (Å²) in [5.74, 6) is 0.880. The molecular weight excluding hydrogens is 424 g/mol. The molecule has 0 unspecified atom stereocenters. The molecule has 3 aromatic heterocycles. The lowest BCUT2D eigenvalue weighted by molar-refractivity contribution is 0.0735. The average Bonchev–Trinajstić information content (AvgIpc) is 3.32. The highest BCUT2D eigenvalue weighted by Gasteiger charge is 2.13. The molecule has 0 aliphatic rings. The van der Waals surface area contributed by atoms with Gasteiger partial charge in [-0.05, 0) is 59.7 Å². The van der Waals surface area contributed by atoms with Gasteiger partial charge in [0.25, 0.3) is 0 Å². The molecule has 34 heavy (non-hydrogen) atoms. The number of aromatic nitrogens is 4. The Morgan fingerprint density at radius 1 is 0.765 bits per heavy atom. The summed E-state index contributed by atoms with van der Waals surface area (Å²) in [6.45, 7) is 0. The van der Waals surface area contributed by atoms with Crippen LogP contribution in [0.2, 0.25) is 0 Å². The summed E-state index contributed by atoms with van der Waals surface area (Å²) in [6, 6.07) is 30.3. The molecule has 0 spiro atoms. The van der Waals surface area contributed by atoms with Gasteiger partial charge in [0.05, 0.1) is 11.1 Å². The van der Waals surface area contributed by atoms with Gasteiger partial charge in [-0.2, -0.15) is 0 Å². The van der Waals surface area contributed by atoms with E-state index in [2.05, 4.69) is 15.2 Å². The maximum Gasteiger partial charge on any atom is 0.343 e.